The van der Waals surface area contributed by atoms with Crippen LogP contribution in [0.15, 0.2) is 246 Å². The molecule has 0 saturated heterocycles. The molecule has 0 unspecified atom stereocenters. The second-order valence-corrected chi connectivity index (χ2v) is 36.7. The Kier molecular flexibility index (Phi) is 21.0. The third-order valence-electron chi connectivity index (χ3n) is 17.3. The van der Waals surface area contributed by atoms with Crippen LogP contribution in [-0.2, 0) is 85.3 Å². The highest BCUT2D eigenvalue weighted by molar-refractivity contribution is 8.01. The number of hydrogen-bond acceptors (Lipinski definition) is 28. The Labute approximate surface area is 666 Å². The van der Waals surface area contributed by atoms with E-state index < -0.39 is 9.84 Å². The predicted molar refractivity (Wildman–Crippen MR) is 431 cm³/mol. The zero-order valence-electron chi connectivity index (χ0n) is 58.4. The molecule has 10 heterocycles. The van der Waals surface area contributed by atoms with Gasteiger partial charge in [-0.25, -0.2) is 56.4 Å². The number of para-hydroxylation sites is 4. The highest BCUT2D eigenvalue weighted by Crippen LogP contribution is 2.36. The number of aromatic nitrogens is 22. The van der Waals surface area contributed by atoms with Crippen LogP contribution in [0.25, 0.3) is 40.9 Å². The van der Waals surface area contributed by atoms with Crippen LogP contribution in [0.3, 0.4) is 0 Å². The first-order valence-electron chi connectivity index (χ1n) is 34.7. The molecule has 552 valence electrons. The smallest absolute Gasteiger partial charge is 0.206 e. The van der Waals surface area contributed by atoms with Gasteiger partial charge in [0.25, 0.3) is 0 Å². The molecule has 8 aromatic carbocycles. The minimum absolute atomic E-state index is 0.142. The number of sulfone groups is 1. The number of rotatable bonds is 32. The molecule has 0 fully saturated rings. The molecule has 0 spiro atoms. The summed E-state index contributed by atoms with van der Waals surface area (Å²) >= 11 is 13.3. The molecular formula is C76H60N22O4S9. The van der Waals surface area contributed by atoms with Gasteiger partial charge in [-0.05, 0) is 130 Å². The Hall–Kier alpha value is -10.9. The molecule has 0 aliphatic rings. The average molecular weight is 1630 g/mol. The van der Waals surface area contributed by atoms with Crippen molar-refractivity contribution in [1.82, 2.24) is 110 Å². The monoisotopic (exact) mass is 1630 g/mol. The van der Waals surface area contributed by atoms with Crippen molar-refractivity contribution in [1.29, 1.82) is 0 Å². The summed E-state index contributed by atoms with van der Waals surface area (Å²) in [5, 5.41) is 53.6. The van der Waals surface area contributed by atoms with E-state index in [0.29, 0.717) is 85.2 Å². The van der Waals surface area contributed by atoms with Crippen molar-refractivity contribution >= 4 is 143 Å². The van der Waals surface area contributed by atoms with Gasteiger partial charge in [-0.15, -0.1) is 75.9 Å². The van der Waals surface area contributed by atoms with Gasteiger partial charge in [-0.2, -0.15) is 0 Å². The van der Waals surface area contributed by atoms with Gasteiger partial charge in [0, 0.05) is 47.8 Å². The first-order valence-corrected chi connectivity index (χ1v) is 43.4. The number of thiazole rings is 4. The third kappa shape index (κ3) is 17.8. The lowest BCUT2D eigenvalue weighted by atomic mass is 10.1. The fourth-order valence-electron chi connectivity index (χ4n) is 12.2. The number of thioether (sulfide) groups is 4. The Morgan fingerprint density at radius 2 is 0.550 bits per heavy atom. The largest absolute Gasteiger partial charge is 0.487 e. The second-order valence-electron chi connectivity index (χ2n) is 25.7. The lowest BCUT2D eigenvalue weighted by Crippen LogP contribution is -2.06. The summed E-state index contributed by atoms with van der Waals surface area (Å²) in [6.07, 6.45) is 11.5. The number of ether oxygens (including phenoxy) is 2. The number of fused-ring (bicyclic) bond motifs is 4. The standard InChI is InChI=1S/C76H60N22O4S9/c99-111(100,63-21-17-49(18-22-63)31-93-37-55(81-87-93)43-101-61-27-51(33-95-39-57(83-89-95)45-103-73-77-65-9-1-5-13-69(65)107-73)25-52(28-61)34-96-40-58(84-90-96)46-104-74-78-66-10-2-6-14-70(66)108-74)64-23-19-50(20-24-64)32-94-38-56(82-88-94)44-102-62-29-53(35-97-41-59(85-91-97)47-105-75-79-67-11-3-7-15-71(67)109-75)26-54(30-62)36-98-42-60(86-92-98)48-106-76-80-68-12-4-8-16-72(68)110-76/h1-30,37-42H,31-36,43-48H2. The maximum absolute atomic E-state index is 14.1. The Morgan fingerprint density at radius 3 is 0.829 bits per heavy atom. The molecule has 35 heteroatoms. The van der Waals surface area contributed by atoms with E-state index in [9.17, 15) is 8.42 Å². The van der Waals surface area contributed by atoms with Gasteiger partial charge in [0.2, 0.25) is 9.84 Å². The molecule has 0 atom stereocenters. The van der Waals surface area contributed by atoms with Gasteiger partial charge in [-0.3, -0.25) is 0 Å². The Bertz CT molecular complexity index is 5630. The van der Waals surface area contributed by atoms with E-state index in [-0.39, 0.29) is 23.0 Å². The summed E-state index contributed by atoms with van der Waals surface area (Å²) in [7, 11) is -3.87. The van der Waals surface area contributed by atoms with Gasteiger partial charge in [0.05, 0.1) is 125 Å². The van der Waals surface area contributed by atoms with Crippen LogP contribution in [0.2, 0.25) is 0 Å². The average Bonchev–Trinajstić information content (AvgIpc) is 1.72. The minimum Gasteiger partial charge on any atom is -0.487 e. The first kappa shape index (κ1) is 71.7. The van der Waals surface area contributed by atoms with E-state index >= 15 is 0 Å². The van der Waals surface area contributed by atoms with Gasteiger partial charge in [0.15, 0.2) is 17.4 Å². The molecule has 0 aliphatic heterocycles. The lowest BCUT2D eigenvalue weighted by molar-refractivity contribution is 0.300. The van der Waals surface area contributed by atoms with Crippen molar-refractivity contribution < 1.29 is 17.9 Å². The van der Waals surface area contributed by atoms with Crippen LogP contribution in [0.4, 0.5) is 0 Å². The number of nitrogens with zero attached hydrogens (tertiary/aromatic N) is 22. The molecule has 18 aromatic rings. The Balaban J connectivity index is 0.489. The zero-order valence-corrected chi connectivity index (χ0v) is 65.8. The normalized spacial score (nSPS) is 11.9. The fraction of sp³-hybridized carbons (Fsp3) is 0.158. The molecule has 0 N–H and O–H groups in total. The van der Waals surface area contributed by atoms with Gasteiger partial charge in [0.1, 0.15) is 36.1 Å². The fourth-order valence-corrected chi connectivity index (χ4v) is 21.2. The van der Waals surface area contributed by atoms with E-state index in [4.69, 9.17) is 29.4 Å². The first-order chi connectivity index (χ1) is 54.5. The van der Waals surface area contributed by atoms with E-state index in [1.807, 2.05) is 153 Å². The lowest BCUT2D eigenvalue weighted by Gasteiger charge is -2.11. The van der Waals surface area contributed by atoms with E-state index in [2.05, 4.69) is 98.3 Å². The van der Waals surface area contributed by atoms with Crippen LogP contribution in [0, 0.1) is 0 Å². The molecule has 111 heavy (non-hydrogen) atoms. The van der Waals surface area contributed by atoms with Crippen LogP contribution in [0.1, 0.15) is 67.5 Å². The van der Waals surface area contributed by atoms with Gasteiger partial charge >= 0.3 is 0 Å². The van der Waals surface area contributed by atoms with Crippen LogP contribution < -0.4 is 9.47 Å². The molecule has 0 saturated carbocycles. The molecule has 0 bridgehead atoms. The summed E-state index contributed by atoms with van der Waals surface area (Å²) in [5.41, 5.74) is 14.1. The molecule has 0 aliphatic carbocycles. The maximum atomic E-state index is 14.1. The second kappa shape index (κ2) is 32.6. The highest BCUT2D eigenvalue weighted by Gasteiger charge is 2.20. The van der Waals surface area contributed by atoms with Crippen LogP contribution in [-0.4, -0.2) is 118 Å². The van der Waals surface area contributed by atoms with Crippen molar-refractivity contribution in [2.24, 2.45) is 0 Å². The van der Waals surface area contributed by atoms with Crippen molar-refractivity contribution in [3.8, 4) is 11.5 Å². The highest BCUT2D eigenvalue weighted by atomic mass is 32.2. The van der Waals surface area contributed by atoms with Crippen molar-refractivity contribution in [2.45, 2.75) is 103 Å². The molecule has 18 rings (SSSR count). The number of hydrogen-bond donors (Lipinski definition) is 0. The molecule has 0 amide bonds. The van der Waals surface area contributed by atoms with E-state index in [1.54, 1.807) is 150 Å². The molecule has 0 radical (unpaired) electrons. The number of benzene rings is 8. The van der Waals surface area contributed by atoms with Gasteiger partial charge in [-0.1, -0.05) is 163 Å². The topological polar surface area (TPSA) is 288 Å². The molecule has 26 nitrogen and oxygen atoms in total. The summed E-state index contributed by atoms with van der Waals surface area (Å²) in [5.74, 6) is 3.80. The van der Waals surface area contributed by atoms with Crippen LogP contribution >= 0.6 is 92.4 Å². The summed E-state index contributed by atoms with van der Waals surface area (Å²) in [6.45, 7) is 2.78. The molecular weight excluding hydrogens is 1570 g/mol. The van der Waals surface area contributed by atoms with E-state index in [0.717, 1.165) is 114 Å². The van der Waals surface area contributed by atoms with Crippen LogP contribution in [0.5, 0.6) is 11.5 Å². The SMILES string of the molecule is O=S(=O)(c1ccc(Cn2cc(COc3cc(Cn4cc(CSc5nc6ccccc6s5)nn4)cc(Cn4cc(CSc5nc6ccccc6s5)nn4)c3)nn2)cc1)c1ccc(Cn2cc(COc3cc(Cn4cc(CSc5nc6ccccc6s5)nn4)cc(Cn4cc(CSc5nc6ccccc6s5)nn4)c3)nn2)cc1. The van der Waals surface area contributed by atoms with Crippen molar-refractivity contribution in [2.75, 3.05) is 0 Å². The van der Waals surface area contributed by atoms with E-state index in [1.165, 1.54) is 0 Å². The predicted octanol–water partition coefficient (Wildman–Crippen LogP) is 15.1. The van der Waals surface area contributed by atoms with Crippen molar-refractivity contribution in [3.05, 3.63) is 287 Å². The minimum atomic E-state index is -3.87. The summed E-state index contributed by atoms with van der Waals surface area (Å²) in [4.78, 5) is 19.4. The van der Waals surface area contributed by atoms with Crippen molar-refractivity contribution in [3.63, 3.8) is 0 Å². The van der Waals surface area contributed by atoms with Gasteiger partial charge < -0.3 is 9.47 Å². The quantitative estimate of drug-likeness (QED) is 0.0354. The summed E-state index contributed by atoms with van der Waals surface area (Å²) < 4.78 is 60.3. The molecule has 10 aromatic heterocycles. The Morgan fingerprint density at radius 1 is 0.297 bits per heavy atom. The maximum Gasteiger partial charge on any atom is 0.206 e. The zero-order chi connectivity index (χ0) is 74.5. The third-order valence-corrected chi connectivity index (χ3v) is 28.0. The summed E-state index contributed by atoms with van der Waals surface area (Å²) in [6, 6.07) is 58.4.